The number of carbonyl (C=O) groups is 3. The van der Waals surface area contributed by atoms with Gasteiger partial charge in [-0.1, -0.05) is 52.0 Å². The van der Waals surface area contributed by atoms with E-state index in [0.29, 0.717) is 51.2 Å². The summed E-state index contributed by atoms with van der Waals surface area (Å²) in [5.74, 6) is 0.393. The molecule has 4 aromatic rings. The normalized spacial score (nSPS) is 14.7. The van der Waals surface area contributed by atoms with Gasteiger partial charge in [-0.3, -0.25) is 14.4 Å². The molecule has 9 nitrogen and oxygen atoms in total. The molecule has 1 aliphatic carbocycles. The number of rotatable bonds is 12. The molecule has 270 valence electrons. The Hall–Kier alpha value is -5.05. The zero-order valence-corrected chi connectivity index (χ0v) is 31.9. The van der Waals surface area contributed by atoms with Crippen LogP contribution < -0.4 is 25.4 Å². The predicted molar refractivity (Wildman–Crippen MR) is 209 cm³/mol. The Kier molecular flexibility index (Phi) is 12.5. The number of carbonyl (C=O) groups excluding carboxylic acids is 3. The number of thiophene rings is 1. The van der Waals surface area contributed by atoms with Crippen molar-refractivity contribution in [3.63, 3.8) is 0 Å². The van der Waals surface area contributed by atoms with Gasteiger partial charge in [-0.2, -0.15) is 5.26 Å². The second-order valence-electron chi connectivity index (χ2n) is 13.6. The van der Waals surface area contributed by atoms with E-state index >= 15 is 0 Å². The summed E-state index contributed by atoms with van der Waals surface area (Å²) in [5, 5.41) is 19.0. The summed E-state index contributed by atoms with van der Waals surface area (Å²) in [7, 11) is 3.06. The minimum atomic E-state index is -0.548. The summed E-state index contributed by atoms with van der Waals surface area (Å²) in [4.78, 5) is 42.5. The Balaban J connectivity index is 1.33. The number of benzene rings is 3. The SMILES string of the molecule is CCC(Sc1cccc(NC(=O)/C(=C\c2ccc(OC)cc2OC)NC(=O)c2ccccc2)c1)C(=O)Nc1sc2c(c1C#N)CCC(C(C)(C)C)C2. The van der Waals surface area contributed by atoms with E-state index in [-0.39, 0.29) is 17.0 Å². The average Bonchev–Trinajstić information content (AvgIpc) is 3.49. The highest BCUT2D eigenvalue weighted by molar-refractivity contribution is 8.00. The van der Waals surface area contributed by atoms with E-state index in [2.05, 4.69) is 42.8 Å². The molecule has 0 aliphatic heterocycles. The van der Waals surface area contributed by atoms with Crippen LogP contribution in [0, 0.1) is 22.7 Å². The lowest BCUT2D eigenvalue weighted by molar-refractivity contribution is -0.116. The van der Waals surface area contributed by atoms with Crippen molar-refractivity contribution in [1.82, 2.24) is 5.32 Å². The molecule has 5 rings (SSSR count). The van der Waals surface area contributed by atoms with Crippen molar-refractivity contribution < 1.29 is 23.9 Å². The highest BCUT2D eigenvalue weighted by Crippen LogP contribution is 2.44. The summed E-state index contributed by atoms with van der Waals surface area (Å²) in [6, 6.07) is 23.4. The Morgan fingerprint density at radius 3 is 2.46 bits per heavy atom. The third kappa shape index (κ3) is 9.24. The van der Waals surface area contributed by atoms with Gasteiger partial charge in [0, 0.05) is 32.7 Å². The summed E-state index contributed by atoms with van der Waals surface area (Å²) in [6.07, 6.45) is 4.89. The van der Waals surface area contributed by atoms with E-state index in [1.807, 2.05) is 13.0 Å². The zero-order valence-electron chi connectivity index (χ0n) is 30.3. The summed E-state index contributed by atoms with van der Waals surface area (Å²) < 4.78 is 10.8. The van der Waals surface area contributed by atoms with Gasteiger partial charge in [0.05, 0.1) is 25.0 Å². The number of ether oxygens (including phenoxy) is 2. The number of nitrogens with zero attached hydrogens (tertiary/aromatic N) is 1. The quantitative estimate of drug-likeness (QED) is 0.0980. The van der Waals surface area contributed by atoms with Gasteiger partial charge in [0.1, 0.15) is 28.3 Å². The number of fused-ring (bicyclic) bond motifs is 1. The van der Waals surface area contributed by atoms with Crippen molar-refractivity contribution in [2.45, 2.75) is 63.5 Å². The van der Waals surface area contributed by atoms with Gasteiger partial charge in [0.25, 0.3) is 11.8 Å². The first-order valence-corrected chi connectivity index (χ1v) is 18.9. The van der Waals surface area contributed by atoms with Gasteiger partial charge in [-0.25, -0.2) is 0 Å². The minimum absolute atomic E-state index is 0.00181. The molecule has 3 N–H and O–H groups in total. The third-order valence-electron chi connectivity index (χ3n) is 9.14. The highest BCUT2D eigenvalue weighted by Gasteiger charge is 2.33. The van der Waals surface area contributed by atoms with Gasteiger partial charge < -0.3 is 25.4 Å². The fourth-order valence-electron chi connectivity index (χ4n) is 6.09. The second kappa shape index (κ2) is 17.0. The first-order chi connectivity index (χ1) is 24.9. The van der Waals surface area contributed by atoms with Crippen molar-refractivity contribution in [3.05, 3.63) is 106 Å². The number of hydrogen-bond donors (Lipinski definition) is 3. The van der Waals surface area contributed by atoms with E-state index in [1.54, 1.807) is 79.9 Å². The molecule has 11 heteroatoms. The molecule has 3 aromatic carbocycles. The van der Waals surface area contributed by atoms with Crippen LogP contribution in [0.25, 0.3) is 6.08 Å². The topological polar surface area (TPSA) is 130 Å². The first-order valence-electron chi connectivity index (χ1n) is 17.2. The molecule has 0 radical (unpaired) electrons. The number of nitriles is 1. The Labute approximate surface area is 313 Å². The molecule has 0 bridgehead atoms. The molecular formula is C41H44N4O5S2. The molecule has 52 heavy (non-hydrogen) atoms. The average molecular weight is 737 g/mol. The van der Waals surface area contributed by atoms with Crippen LogP contribution in [0.15, 0.2) is 83.4 Å². The summed E-state index contributed by atoms with van der Waals surface area (Å²) in [5.41, 5.74) is 3.27. The minimum Gasteiger partial charge on any atom is -0.497 e. The number of thioether (sulfide) groups is 1. The van der Waals surface area contributed by atoms with E-state index in [4.69, 9.17) is 9.47 Å². The molecule has 1 aromatic heterocycles. The molecule has 0 saturated heterocycles. The molecule has 1 aliphatic rings. The van der Waals surface area contributed by atoms with Gasteiger partial charge in [0.2, 0.25) is 5.91 Å². The van der Waals surface area contributed by atoms with Crippen LogP contribution >= 0.6 is 23.1 Å². The van der Waals surface area contributed by atoms with E-state index in [0.717, 1.165) is 29.7 Å². The number of nitrogens with one attached hydrogen (secondary N) is 3. The smallest absolute Gasteiger partial charge is 0.272 e. The van der Waals surface area contributed by atoms with Gasteiger partial charge >= 0.3 is 0 Å². The monoisotopic (exact) mass is 736 g/mol. The van der Waals surface area contributed by atoms with Crippen molar-refractivity contribution >= 4 is 57.6 Å². The third-order valence-corrected chi connectivity index (χ3v) is 11.7. The first kappa shape index (κ1) is 38.2. The van der Waals surface area contributed by atoms with Crippen LogP contribution in [0.2, 0.25) is 0 Å². The van der Waals surface area contributed by atoms with E-state index < -0.39 is 17.1 Å². The van der Waals surface area contributed by atoms with Crippen LogP contribution in [-0.2, 0) is 22.4 Å². The molecular weight excluding hydrogens is 693 g/mol. The van der Waals surface area contributed by atoms with Crippen LogP contribution in [0.3, 0.4) is 0 Å². The lowest BCUT2D eigenvalue weighted by Gasteiger charge is -2.33. The van der Waals surface area contributed by atoms with Crippen molar-refractivity contribution in [2.75, 3.05) is 24.9 Å². The van der Waals surface area contributed by atoms with Gasteiger partial charge in [-0.15, -0.1) is 23.1 Å². The lowest BCUT2D eigenvalue weighted by atomic mass is 9.72. The molecule has 2 atom stereocenters. The zero-order chi connectivity index (χ0) is 37.4. The summed E-state index contributed by atoms with van der Waals surface area (Å²) in [6.45, 7) is 8.72. The van der Waals surface area contributed by atoms with E-state index in [9.17, 15) is 19.6 Å². The molecule has 1 heterocycles. The Morgan fingerprint density at radius 1 is 1.02 bits per heavy atom. The standard InChI is InChI=1S/C41H44N4O5S2/c1-7-35(39(48)45-40-32(24-42)31-19-17-27(41(2,3)4)21-36(31)52-40)51-30-15-11-14-28(22-30)43-38(47)33(44-37(46)25-12-9-8-10-13-25)20-26-16-18-29(49-5)23-34(26)50-6/h8-16,18,20,22-23,27,35H,7,17,19,21H2,1-6H3,(H,43,47)(H,44,46)(H,45,48)/b33-20+. The second-order valence-corrected chi connectivity index (χ2v) is 16.0. The number of hydrogen-bond acceptors (Lipinski definition) is 8. The van der Waals surface area contributed by atoms with Crippen molar-refractivity contribution in [3.8, 4) is 17.6 Å². The van der Waals surface area contributed by atoms with Crippen LogP contribution in [-0.4, -0.2) is 37.2 Å². The fourth-order valence-corrected chi connectivity index (χ4v) is 8.39. The molecule has 0 saturated carbocycles. The maximum atomic E-state index is 13.8. The molecule has 0 spiro atoms. The van der Waals surface area contributed by atoms with E-state index in [1.165, 1.54) is 35.1 Å². The predicted octanol–water partition coefficient (Wildman–Crippen LogP) is 8.71. The lowest BCUT2D eigenvalue weighted by Crippen LogP contribution is -2.30. The molecule has 2 unspecified atom stereocenters. The summed E-state index contributed by atoms with van der Waals surface area (Å²) >= 11 is 2.91. The maximum Gasteiger partial charge on any atom is 0.272 e. The Bertz CT molecular complexity index is 2010. The molecule has 3 amide bonds. The van der Waals surface area contributed by atoms with Crippen LogP contribution in [0.1, 0.15) is 72.5 Å². The number of anilines is 2. The highest BCUT2D eigenvalue weighted by atomic mass is 32.2. The van der Waals surface area contributed by atoms with Gasteiger partial charge in [-0.05, 0) is 91.1 Å². The van der Waals surface area contributed by atoms with Crippen LogP contribution in [0.4, 0.5) is 10.7 Å². The number of amides is 3. The Morgan fingerprint density at radius 2 is 1.79 bits per heavy atom. The van der Waals surface area contributed by atoms with Crippen molar-refractivity contribution in [1.29, 1.82) is 5.26 Å². The molecule has 0 fully saturated rings. The fraction of sp³-hybridized carbons (Fsp3) is 0.317. The number of methoxy groups -OCH3 is 2. The van der Waals surface area contributed by atoms with Gasteiger partial charge in [0.15, 0.2) is 0 Å². The van der Waals surface area contributed by atoms with Crippen molar-refractivity contribution in [2.24, 2.45) is 11.3 Å². The maximum absolute atomic E-state index is 13.8. The largest absolute Gasteiger partial charge is 0.497 e. The van der Waals surface area contributed by atoms with Crippen LogP contribution in [0.5, 0.6) is 11.5 Å².